The predicted molar refractivity (Wildman–Crippen MR) is 95.4 cm³/mol. The summed E-state index contributed by atoms with van der Waals surface area (Å²) in [5.41, 5.74) is 3.44. The Bertz CT molecular complexity index is 949. The second kappa shape index (κ2) is 5.30. The molecule has 1 aromatic carbocycles. The molecule has 2 aromatic heterocycles. The number of benzene rings is 1. The lowest BCUT2D eigenvalue weighted by atomic mass is 9.81. The van der Waals surface area contributed by atoms with E-state index in [1.165, 1.54) is 0 Å². The van der Waals surface area contributed by atoms with Gasteiger partial charge in [0.1, 0.15) is 5.82 Å². The summed E-state index contributed by atoms with van der Waals surface area (Å²) < 4.78 is 0. The van der Waals surface area contributed by atoms with Crippen molar-refractivity contribution in [2.45, 2.75) is 20.3 Å². The number of pyridine rings is 2. The summed E-state index contributed by atoms with van der Waals surface area (Å²) in [5.74, 6) is 0.842. The van der Waals surface area contributed by atoms with Crippen LogP contribution in [0.3, 0.4) is 0 Å². The summed E-state index contributed by atoms with van der Waals surface area (Å²) in [6, 6.07) is 11.9. The Balaban J connectivity index is 1.64. The van der Waals surface area contributed by atoms with Gasteiger partial charge < -0.3 is 10.6 Å². The molecule has 1 aliphatic heterocycles. The smallest absolute Gasteiger partial charge is 0.230 e. The van der Waals surface area contributed by atoms with Crippen molar-refractivity contribution < 1.29 is 4.79 Å². The fraction of sp³-hybridized carbons (Fsp3) is 0.211. The highest BCUT2D eigenvalue weighted by molar-refractivity contribution is 5.98. The lowest BCUT2D eigenvalue weighted by Crippen LogP contribution is -2.37. The summed E-state index contributed by atoms with van der Waals surface area (Å²) in [7, 11) is 0. The van der Waals surface area contributed by atoms with Crippen molar-refractivity contribution in [3.8, 4) is 0 Å². The fourth-order valence-electron chi connectivity index (χ4n) is 2.97. The van der Waals surface area contributed by atoms with Gasteiger partial charge in [-0.1, -0.05) is 13.8 Å². The number of nitrogens with one attached hydrogen (secondary N) is 2. The van der Waals surface area contributed by atoms with E-state index in [4.69, 9.17) is 0 Å². The molecule has 0 fully saturated rings. The van der Waals surface area contributed by atoms with Crippen LogP contribution < -0.4 is 10.6 Å². The topological polar surface area (TPSA) is 66.9 Å². The summed E-state index contributed by atoms with van der Waals surface area (Å²) in [6.07, 6.45) is 4.24. The van der Waals surface area contributed by atoms with Crippen LogP contribution in [0, 0.1) is 5.41 Å². The van der Waals surface area contributed by atoms with Crippen molar-refractivity contribution in [3.05, 3.63) is 54.4 Å². The first-order chi connectivity index (χ1) is 11.5. The van der Waals surface area contributed by atoms with E-state index in [2.05, 4.69) is 26.7 Å². The van der Waals surface area contributed by atoms with Crippen molar-refractivity contribution in [2.24, 2.45) is 5.41 Å². The monoisotopic (exact) mass is 318 g/mol. The molecule has 0 aliphatic carbocycles. The minimum atomic E-state index is -0.390. The number of carbonyl (C=O) groups is 1. The van der Waals surface area contributed by atoms with E-state index in [0.717, 1.165) is 40.1 Å². The first-order valence-corrected chi connectivity index (χ1v) is 7.93. The van der Waals surface area contributed by atoms with E-state index in [-0.39, 0.29) is 5.91 Å². The third kappa shape index (κ3) is 2.58. The summed E-state index contributed by atoms with van der Waals surface area (Å²) >= 11 is 0. The minimum Gasteiger partial charge on any atom is -0.340 e. The van der Waals surface area contributed by atoms with E-state index in [9.17, 15) is 4.79 Å². The molecule has 0 saturated heterocycles. The largest absolute Gasteiger partial charge is 0.340 e. The zero-order valence-electron chi connectivity index (χ0n) is 13.6. The molecule has 1 aliphatic rings. The van der Waals surface area contributed by atoms with Gasteiger partial charge in [0.05, 0.1) is 11.7 Å². The number of aromatic nitrogens is 2. The molecule has 120 valence electrons. The fourth-order valence-corrected chi connectivity index (χ4v) is 2.97. The lowest BCUT2D eigenvalue weighted by molar-refractivity contribution is -0.124. The van der Waals surface area contributed by atoms with Gasteiger partial charge in [-0.25, -0.2) is 4.98 Å². The molecule has 0 atom stereocenters. The zero-order chi connectivity index (χ0) is 16.7. The number of carbonyl (C=O) groups excluding carboxylic acids is 1. The minimum absolute atomic E-state index is 0.0689. The molecular weight excluding hydrogens is 300 g/mol. The lowest BCUT2D eigenvalue weighted by Gasteiger charge is -2.30. The second-order valence-corrected chi connectivity index (χ2v) is 6.78. The number of hydrogen-bond donors (Lipinski definition) is 2. The van der Waals surface area contributed by atoms with Gasteiger partial charge in [-0.3, -0.25) is 9.78 Å². The van der Waals surface area contributed by atoms with E-state index in [1.54, 1.807) is 12.4 Å². The number of anilines is 3. The van der Waals surface area contributed by atoms with Crippen LogP contribution in [-0.4, -0.2) is 15.9 Å². The summed E-state index contributed by atoms with van der Waals surface area (Å²) in [4.78, 5) is 20.7. The molecule has 24 heavy (non-hydrogen) atoms. The molecule has 0 radical (unpaired) electrons. The van der Waals surface area contributed by atoms with Crippen molar-refractivity contribution in [2.75, 3.05) is 10.6 Å². The molecule has 2 N–H and O–H groups in total. The average molecular weight is 318 g/mol. The van der Waals surface area contributed by atoms with Crippen LogP contribution in [0.25, 0.3) is 10.9 Å². The van der Waals surface area contributed by atoms with Crippen LogP contribution in [0.2, 0.25) is 0 Å². The molecular formula is C19H18N4O. The van der Waals surface area contributed by atoms with E-state index in [0.29, 0.717) is 0 Å². The van der Waals surface area contributed by atoms with E-state index in [1.807, 2.05) is 44.2 Å². The second-order valence-electron chi connectivity index (χ2n) is 6.78. The Hall–Kier alpha value is -2.95. The van der Waals surface area contributed by atoms with Crippen LogP contribution in [-0.2, 0) is 11.2 Å². The van der Waals surface area contributed by atoms with Crippen molar-refractivity contribution >= 4 is 34.0 Å². The van der Waals surface area contributed by atoms with Gasteiger partial charge in [-0.2, -0.15) is 0 Å². The van der Waals surface area contributed by atoms with Crippen LogP contribution in [0.5, 0.6) is 0 Å². The van der Waals surface area contributed by atoms with E-state index >= 15 is 0 Å². The molecule has 3 heterocycles. The Kier molecular flexibility index (Phi) is 3.23. The van der Waals surface area contributed by atoms with Crippen LogP contribution in [0.1, 0.15) is 19.4 Å². The van der Waals surface area contributed by atoms with E-state index < -0.39 is 5.41 Å². The van der Waals surface area contributed by atoms with Crippen molar-refractivity contribution in [1.29, 1.82) is 0 Å². The normalized spacial score (nSPS) is 15.7. The van der Waals surface area contributed by atoms with Crippen LogP contribution >= 0.6 is 0 Å². The molecule has 3 aromatic rings. The Labute approximate surface area is 140 Å². The maximum Gasteiger partial charge on any atom is 0.230 e. The van der Waals surface area contributed by atoms with Crippen molar-refractivity contribution in [3.63, 3.8) is 0 Å². The highest BCUT2D eigenvalue weighted by Crippen LogP contribution is 2.35. The Morgan fingerprint density at radius 1 is 1.17 bits per heavy atom. The third-order valence-electron chi connectivity index (χ3n) is 4.37. The number of fused-ring (bicyclic) bond motifs is 2. The quantitative estimate of drug-likeness (QED) is 0.752. The van der Waals surface area contributed by atoms with Gasteiger partial charge in [0.2, 0.25) is 5.91 Å². The number of hydrogen-bond acceptors (Lipinski definition) is 4. The van der Waals surface area contributed by atoms with Gasteiger partial charge >= 0.3 is 0 Å². The number of amides is 1. The average Bonchev–Trinajstić information content (AvgIpc) is 2.56. The van der Waals surface area contributed by atoms with Crippen LogP contribution in [0.4, 0.5) is 17.2 Å². The zero-order valence-corrected chi connectivity index (χ0v) is 13.6. The predicted octanol–water partition coefficient (Wildman–Crippen LogP) is 3.89. The molecule has 0 saturated carbocycles. The molecule has 4 rings (SSSR count). The van der Waals surface area contributed by atoms with Gasteiger partial charge in [-0.15, -0.1) is 0 Å². The molecule has 5 nitrogen and oxygen atoms in total. The number of nitrogens with zero attached hydrogens (tertiary/aromatic N) is 2. The standard InChI is InChI=1S/C19H18N4O/c1-19(2)10-13-9-14(4-5-15(13)23-18(19)24)21-17-6-3-12-7-8-20-11-16(12)22-17/h3-9,11H,10H2,1-2H3,(H,21,22)(H,23,24). The summed E-state index contributed by atoms with van der Waals surface area (Å²) in [6.45, 7) is 3.92. The van der Waals surface area contributed by atoms with Gasteiger partial charge in [-0.05, 0) is 48.4 Å². The molecule has 5 heteroatoms. The molecule has 0 spiro atoms. The summed E-state index contributed by atoms with van der Waals surface area (Å²) in [5, 5.41) is 7.37. The maximum absolute atomic E-state index is 12.0. The van der Waals surface area contributed by atoms with Crippen LogP contribution in [0.15, 0.2) is 48.8 Å². The number of rotatable bonds is 2. The molecule has 0 unspecified atom stereocenters. The molecule has 0 bridgehead atoms. The molecule has 1 amide bonds. The highest BCUT2D eigenvalue weighted by atomic mass is 16.2. The Morgan fingerprint density at radius 2 is 2.04 bits per heavy atom. The first-order valence-electron chi connectivity index (χ1n) is 7.93. The first kappa shape index (κ1) is 14.6. The highest BCUT2D eigenvalue weighted by Gasteiger charge is 2.33. The third-order valence-corrected chi connectivity index (χ3v) is 4.37. The van der Waals surface area contributed by atoms with Gasteiger partial charge in [0.25, 0.3) is 0 Å². The van der Waals surface area contributed by atoms with Crippen molar-refractivity contribution in [1.82, 2.24) is 9.97 Å². The maximum atomic E-state index is 12.0. The SMILES string of the molecule is CC1(C)Cc2cc(Nc3ccc4ccncc4n3)ccc2NC1=O. The van der Waals surface area contributed by atoms with Gasteiger partial charge in [0.15, 0.2) is 0 Å². The van der Waals surface area contributed by atoms with Gasteiger partial charge in [0, 0.05) is 28.4 Å². The Morgan fingerprint density at radius 3 is 2.92 bits per heavy atom.